The predicted molar refractivity (Wildman–Crippen MR) is 105 cm³/mol. The van der Waals surface area contributed by atoms with Crippen LogP contribution < -0.4 is 10.3 Å². The summed E-state index contributed by atoms with van der Waals surface area (Å²) in [6.45, 7) is 0.597. The number of pyridine rings is 1. The van der Waals surface area contributed by atoms with E-state index in [9.17, 15) is 13.2 Å². The second kappa shape index (κ2) is 6.56. The Bertz CT molecular complexity index is 1170. The molecule has 0 radical (unpaired) electrons. The number of H-pyrrole nitrogens is 1. The van der Waals surface area contributed by atoms with Crippen LogP contribution in [0.15, 0.2) is 46.3 Å². The highest BCUT2D eigenvalue weighted by Gasteiger charge is 2.22. The van der Waals surface area contributed by atoms with Gasteiger partial charge in [0.25, 0.3) is 5.56 Å². The second-order valence-electron chi connectivity index (χ2n) is 7.23. The van der Waals surface area contributed by atoms with Gasteiger partial charge in [0.15, 0.2) is 9.84 Å². The van der Waals surface area contributed by atoms with E-state index in [1.165, 1.54) is 23.7 Å². The van der Waals surface area contributed by atoms with Crippen LogP contribution in [-0.4, -0.2) is 30.8 Å². The van der Waals surface area contributed by atoms with Crippen LogP contribution >= 0.6 is 0 Å². The molecule has 7 heteroatoms. The third kappa shape index (κ3) is 3.51. The number of nitrogens with one attached hydrogen (secondary N) is 1. The molecular weight excluding hydrogens is 364 g/mol. The van der Waals surface area contributed by atoms with Gasteiger partial charge in [-0.3, -0.25) is 4.79 Å². The highest BCUT2D eigenvalue weighted by atomic mass is 32.2. The number of hydrogen-bond acceptors (Lipinski definition) is 4. The first kappa shape index (κ1) is 17.9. The zero-order valence-electron chi connectivity index (χ0n) is 15.4. The second-order valence-corrected chi connectivity index (χ2v) is 9.25. The van der Waals surface area contributed by atoms with Gasteiger partial charge >= 0.3 is 0 Å². The highest BCUT2D eigenvalue weighted by Crippen LogP contribution is 2.37. The van der Waals surface area contributed by atoms with Crippen molar-refractivity contribution in [1.29, 1.82) is 0 Å². The first-order valence-electron chi connectivity index (χ1n) is 8.98. The molecule has 0 spiro atoms. The molecule has 6 nitrogen and oxygen atoms in total. The maximum Gasteiger partial charge on any atom is 0.274 e. The summed E-state index contributed by atoms with van der Waals surface area (Å²) in [5, 5.41) is 0.746. The van der Waals surface area contributed by atoms with Crippen molar-refractivity contribution in [2.24, 2.45) is 13.0 Å². The van der Waals surface area contributed by atoms with Crippen LogP contribution in [0.5, 0.6) is 5.75 Å². The summed E-state index contributed by atoms with van der Waals surface area (Å²) < 4.78 is 31.6. The third-order valence-corrected chi connectivity index (χ3v) is 6.18. The molecule has 1 aliphatic carbocycles. The lowest BCUT2D eigenvalue weighted by atomic mass is 10.0. The van der Waals surface area contributed by atoms with Gasteiger partial charge in [-0.15, -0.1) is 0 Å². The van der Waals surface area contributed by atoms with Crippen LogP contribution in [0.3, 0.4) is 0 Å². The van der Waals surface area contributed by atoms with Crippen molar-refractivity contribution in [2.75, 3.05) is 12.9 Å². The number of fused-ring (bicyclic) bond motifs is 1. The van der Waals surface area contributed by atoms with E-state index in [-0.39, 0.29) is 10.5 Å². The van der Waals surface area contributed by atoms with Crippen molar-refractivity contribution in [1.82, 2.24) is 9.55 Å². The zero-order chi connectivity index (χ0) is 19.2. The Labute approximate surface area is 157 Å². The van der Waals surface area contributed by atoms with Crippen LogP contribution in [-0.2, 0) is 16.9 Å². The molecule has 0 saturated heterocycles. The molecule has 1 aromatic carbocycles. The summed E-state index contributed by atoms with van der Waals surface area (Å²) in [5.74, 6) is 1.38. The Kier molecular flexibility index (Phi) is 4.34. The number of aromatic amines is 1. The monoisotopic (exact) mass is 386 g/mol. The molecule has 27 heavy (non-hydrogen) atoms. The first-order valence-corrected chi connectivity index (χ1v) is 10.9. The predicted octanol–water partition coefficient (Wildman–Crippen LogP) is 3.12. The maximum absolute atomic E-state index is 12.3. The fourth-order valence-corrected chi connectivity index (χ4v) is 3.90. The average Bonchev–Trinajstić information content (AvgIpc) is 3.34. The van der Waals surface area contributed by atoms with Crippen molar-refractivity contribution >= 4 is 20.7 Å². The van der Waals surface area contributed by atoms with E-state index in [0.29, 0.717) is 23.4 Å². The van der Waals surface area contributed by atoms with E-state index in [1.807, 2.05) is 6.07 Å². The summed E-state index contributed by atoms with van der Waals surface area (Å²) in [6, 6.07) is 6.75. The summed E-state index contributed by atoms with van der Waals surface area (Å²) in [6.07, 6.45) is 8.15. The molecule has 2 aromatic heterocycles. The van der Waals surface area contributed by atoms with Gasteiger partial charge in [-0.1, -0.05) is 12.8 Å². The molecule has 1 aliphatic rings. The lowest BCUT2D eigenvalue weighted by Crippen LogP contribution is -2.15. The van der Waals surface area contributed by atoms with Crippen molar-refractivity contribution in [3.8, 4) is 16.9 Å². The van der Waals surface area contributed by atoms with Crippen molar-refractivity contribution in [3.63, 3.8) is 0 Å². The molecule has 0 amide bonds. The molecule has 0 atom stereocenters. The van der Waals surface area contributed by atoms with Gasteiger partial charge in [-0.2, -0.15) is 0 Å². The number of hydrogen-bond donors (Lipinski definition) is 1. The van der Waals surface area contributed by atoms with E-state index in [0.717, 1.165) is 23.3 Å². The van der Waals surface area contributed by atoms with Crippen LogP contribution in [0, 0.1) is 5.92 Å². The lowest BCUT2D eigenvalue weighted by molar-refractivity contribution is 0.303. The van der Waals surface area contributed by atoms with Crippen molar-refractivity contribution in [2.45, 2.75) is 24.2 Å². The fraction of sp³-hybridized carbons (Fsp3) is 0.350. The van der Waals surface area contributed by atoms with Crippen molar-refractivity contribution in [3.05, 3.63) is 47.0 Å². The number of aryl methyl sites for hydroxylation is 1. The number of benzene rings is 1. The van der Waals surface area contributed by atoms with E-state index in [2.05, 4.69) is 4.98 Å². The van der Waals surface area contributed by atoms with E-state index >= 15 is 0 Å². The Morgan fingerprint density at radius 2 is 2.00 bits per heavy atom. The number of aromatic nitrogens is 2. The molecule has 1 N–H and O–H groups in total. The Balaban J connectivity index is 1.83. The normalized spacial score (nSPS) is 14.6. The van der Waals surface area contributed by atoms with Crippen LogP contribution in [0.25, 0.3) is 22.0 Å². The lowest BCUT2D eigenvalue weighted by Gasteiger charge is -2.13. The summed E-state index contributed by atoms with van der Waals surface area (Å²) >= 11 is 0. The molecule has 0 aliphatic heterocycles. The highest BCUT2D eigenvalue weighted by molar-refractivity contribution is 7.90. The minimum Gasteiger partial charge on any atom is -0.493 e. The van der Waals surface area contributed by atoms with Crippen LogP contribution in [0.2, 0.25) is 0 Å². The quantitative estimate of drug-likeness (QED) is 0.706. The molecule has 142 valence electrons. The molecule has 1 saturated carbocycles. The van der Waals surface area contributed by atoms with Gasteiger partial charge in [-0.25, -0.2) is 8.42 Å². The van der Waals surface area contributed by atoms with Gasteiger partial charge in [0.1, 0.15) is 11.3 Å². The number of sulfone groups is 1. The molecule has 0 unspecified atom stereocenters. The minimum absolute atomic E-state index is 0.130. The molecule has 4 rings (SSSR count). The molecular formula is C20H22N2O4S. The van der Waals surface area contributed by atoms with E-state index in [4.69, 9.17) is 4.74 Å². The molecule has 2 heterocycles. The smallest absolute Gasteiger partial charge is 0.274 e. The minimum atomic E-state index is -3.36. The maximum atomic E-state index is 12.3. The van der Waals surface area contributed by atoms with Crippen molar-refractivity contribution < 1.29 is 13.2 Å². The van der Waals surface area contributed by atoms with Gasteiger partial charge in [-0.05, 0) is 36.6 Å². The van der Waals surface area contributed by atoms with Gasteiger partial charge in [0.2, 0.25) is 0 Å². The van der Waals surface area contributed by atoms with Crippen LogP contribution in [0.4, 0.5) is 0 Å². The summed E-state index contributed by atoms with van der Waals surface area (Å²) in [7, 11) is -1.66. The largest absolute Gasteiger partial charge is 0.493 e. The number of ether oxygens (including phenoxy) is 1. The molecule has 1 fully saturated rings. The molecule has 3 aromatic rings. The van der Waals surface area contributed by atoms with E-state index in [1.54, 1.807) is 37.6 Å². The standard InChI is InChI=1S/C20H22N2O4S/c1-22-9-7-15-17(12-21-19(15)20(22)23)16-11-14(27(2,24)25)5-6-18(16)26-10-8-13-3-4-13/h5-7,9,11-13,21H,3-4,8,10H2,1-2H3. The number of nitrogens with zero attached hydrogens (tertiary/aromatic N) is 1. The summed E-state index contributed by atoms with van der Waals surface area (Å²) in [4.78, 5) is 15.6. The zero-order valence-corrected chi connectivity index (χ0v) is 16.2. The SMILES string of the molecule is Cn1ccc2c(-c3cc(S(C)(=O)=O)ccc3OCCC3CC3)c[nH]c2c1=O. The number of rotatable bonds is 6. The first-order chi connectivity index (χ1) is 12.8. The third-order valence-electron chi connectivity index (χ3n) is 5.07. The van der Waals surface area contributed by atoms with Crippen LogP contribution in [0.1, 0.15) is 19.3 Å². The fourth-order valence-electron chi connectivity index (χ4n) is 3.26. The van der Waals surface area contributed by atoms with E-state index < -0.39 is 9.84 Å². The average molecular weight is 386 g/mol. The van der Waals surface area contributed by atoms with Gasteiger partial charge in [0, 0.05) is 42.2 Å². The topological polar surface area (TPSA) is 81.2 Å². The Morgan fingerprint density at radius 1 is 1.22 bits per heavy atom. The molecule has 0 bridgehead atoms. The van der Waals surface area contributed by atoms with Gasteiger partial charge < -0.3 is 14.3 Å². The summed E-state index contributed by atoms with van der Waals surface area (Å²) in [5.41, 5.74) is 1.79. The Morgan fingerprint density at radius 3 is 2.70 bits per heavy atom. The Hall–Kier alpha value is -2.54. The van der Waals surface area contributed by atoms with Gasteiger partial charge in [0.05, 0.1) is 11.5 Å².